The molecule has 0 radical (unpaired) electrons. The Kier molecular flexibility index (Phi) is 3.46. The van der Waals surface area contributed by atoms with Crippen molar-refractivity contribution in [3.63, 3.8) is 0 Å². The number of aryl methyl sites for hydroxylation is 1. The number of aliphatic hydroxyl groups is 1. The first-order valence-corrected chi connectivity index (χ1v) is 8.27. The molecule has 126 valence electrons. The first-order valence-electron chi connectivity index (χ1n) is 8.27. The minimum Gasteiger partial charge on any atom is -0.382 e. The lowest BCUT2D eigenvalue weighted by atomic mass is 9.91. The van der Waals surface area contributed by atoms with Gasteiger partial charge in [0, 0.05) is 43.4 Å². The van der Waals surface area contributed by atoms with Crippen molar-refractivity contribution in [2.45, 2.75) is 43.8 Å². The van der Waals surface area contributed by atoms with E-state index in [0.29, 0.717) is 30.5 Å². The monoisotopic (exact) mass is 325 g/mol. The van der Waals surface area contributed by atoms with Crippen molar-refractivity contribution in [2.75, 3.05) is 26.2 Å². The minimum absolute atomic E-state index is 0.151. The van der Waals surface area contributed by atoms with Crippen molar-refractivity contribution in [3.8, 4) is 0 Å². The zero-order valence-electron chi connectivity index (χ0n) is 12.9. The van der Waals surface area contributed by atoms with Gasteiger partial charge < -0.3 is 15.0 Å². The molecule has 1 aromatic rings. The fourth-order valence-electron chi connectivity index (χ4n) is 4.08. The van der Waals surface area contributed by atoms with Crippen molar-refractivity contribution >= 4 is 5.91 Å². The number of nitrogens with one attached hydrogen (secondary N) is 1. The highest BCUT2D eigenvalue weighted by Gasteiger charge is 2.45. The standard InChI is InChI=1S/C16H21F2N3O2/c17-16(18)4-3-12-11(14(16)22)8-13(19-12)15(23)21-7-6-20-5-1-2-10(20)9-21/h8,10,14,19,22H,1-7,9H2. The van der Waals surface area contributed by atoms with Gasteiger partial charge in [0.2, 0.25) is 0 Å². The van der Waals surface area contributed by atoms with Crippen molar-refractivity contribution in [1.29, 1.82) is 0 Å². The van der Waals surface area contributed by atoms with E-state index in [4.69, 9.17) is 0 Å². The molecule has 2 atom stereocenters. The van der Waals surface area contributed by atoms with Crippen LogP contribution < -0.4 is 0 Å². The second-order valence-corrected chi connectivity index (χ2v) is 6.86. The van der Waals surface area contributed by atoms with Gasteiger partial charge in [-0.3, -0.25) is 9.69 Å². The number of fused-ring (bicyclic) bond motifs is 2. The Hall–Kier alpha value is -1.47. The van der Waals surface area contributed by atoms with Crippen LogP contribution >= 0.6 is 0 Å². The number of halogens is 2. The van der Waals surface area contributed by atoms with Crippen molar-refractivity contribution in [3.05, 3.63) is 23.0 Å². The molecule has 4 rings (SSSR count). The van der Waals surface area contributed by atoms with E-state index < -0.39 is 18.4 Å². The van der Waals surface area contributed by atoms with E-state index in [1.54, 1.807) is 4.90 Å². The Morgan fingerprint density at radius 1 is 1.35 bits per heavy atom. The molecule has 0 saturated carbocycles. The number of aromatic amines is 1. The number of carbonyl (C=O) groups is 1. The lowest BCUT2D eigenvalue weighted by Crippen LogP contribution is -2.52. The zero-order valence-corrected chi connectivity index (χ0v) is 12.9. The van der Waals surface area contributed by atoms with Gasteiger partial charge in [0.1, 0.15) is 11.8 Å². The Morgan fingerprint density at radius 3 is 3.00 bits per heavy atom. The predicted molar refractivity (Wildman–Crippen MR) is 79.5 cm³/mol. The average Bonchev–Trinajstić information content (AvgIpc) is 3.16. The third-order valence-corrected chi connectivity index (χ3v) is 5.44. The smallest absolute Gasteiger partial charge is 0.278 e. The summed E-state index contributed by atoms with van der Waals surface area (Å²) in [6.45, 7) is 3.33. The number of nitrogens with zero attached hydrogens (tertiary/aromatic N) is 2. The summed E-state index contributed by atoms with van der Waals surface area (Å²) in [6.07, 6.45) is 0.218. The normalized spacial score (nSPS) is 30.1. The molecular formula is C16H21F2N3O2. The van der Waals surface area contributed by atoms with Gasteiger partial charge in [0.05, 0.1) is 0 Å². The first kappa shape index (κ1) is 15.1. The Balaban J connectivity index is 1.54. The molecule has 2 fully saturated rings. The fourth-order valence-corrected chi connectivity index (χ4v) is 4.08. The van der Waals surface area contributed by atoms with Crippen LogP contribution in [0.4, 0.5) is 8.78 Å². The maximum atomic E-state index is 13.6. The van der Waals surface area contributed by atoms with Crippen LogP contribution in [0.2, 0.25) is 0 Å². The second-order valence-electron chi connectivity index (χ2n) is 6.86. The topological polar surface area (TPSA) is 59.6 Å². The highest BCUT2D eigenvalue weighted by atomic mass is 19.3. The largest absolute Gasteiger partial charge is 0.382 e. The molecule has 2 aliphatic heterocycles. The van der Waals surface area contributed by atoms with E-state index in [9.17, 15) is 18.7 Å². The van der Waals surface area contributed by atoms with Gasteiger partial charge in [-0.2, -0.15) is 0 Å². The molecule has 2 saturated heterocycles. The first-order chi connectivity index (χ1) is 11.0. The molecule has 1 amide bonds. The maximum Gasteiger partial charge on any atom is 0.278 e. The van der Waals surface area contributed by atoms with Crippen LogP contribution in [0, 0.1) is 0 Å². The highest BCUT2D eigenvalue weighted by molar-refractivity contribution is 5.93. The van der Waals surface area contributed by atoms with Crippen LogP contribution in [0.1, 0.15) is 47.1 Å². The number of aromatic nitrogens is 1. The summed E-state index contributed by atoms with van der Waals surface area (Å²) in [5.74, 6) is -3.27. The Bertz CT molecular complexity index is 631. The number of hydrogen-bond donors (Lipinski definition) is 2. The molecule has 3 heterocycles. The molecule has 3 aliphatic rings. The number of hydrogen-bond acceptors (Lipinski definition) is 3. The summed E-state index contributed by atoms with van der Waals surface area (Å²) in [5.41, 5.74) is 1.05. The van der Waals surface area contributed by atoms with Gasteiger partial charge in [0.25, 0.3) is 11.8 Å². The summed E-state index contributed by atoms with van der Waals surface area (Å²) in [6, 6.07) is 1.84. The summed E-state index contributed by atoms with van der Waals surface area (Å²) in [7, 11) is 0. The van der Waals surface area contributed by atoms with Crippen LogP contribution in [0.5, 0.6) is 0 Å². The minimum atomic E-state index is -3.12. The van der Waals surface area contributed by atoms with Crippen molar-refractivity contribution in [1.82, 2.24) is 14.8 Å². The highest BCUT2D eigenvalue weighted by Crippen LogP contribution is 2.41. The number of carbonyl (C=O) groups excluding carboxylic acids is 1. The lowest BCUT2D eigenvalue weighted by Gasteiger charge is -2.37. The SMILES string of the molecule is O=C(c1cc2c([nH]1)CCC(F)(F)C2O)N1CCN2CCCC2C1. The zero-order chi connectivity index (χ0) is 16.2. The summed E-state index contributed by atoms with van der Waals surface area (Å²) < 4.78 is 27.2. The summed E-state index contributed by atoms with van der Waals surface area (Å²) >= 11 is 0. The van der Waals surface area contributed by atoms with Gasteiger partial charge in [-0.05, 0) is 31.9 Å². The van der Waals surface area contributed by atoms with E-state index in [0.717, 1.165) is 19.5 Å². The second kappa shape index (κ2) is 5.27. The molecular weight excluding hydrogens is 304 g/mol. The van der Waals surface area contributed by atoms with Crippen molar-refractivity contribution < 1.29 is 18.7 Å². The molecule has 5 nitrogen and oxygen atoms in total. The van der Waals surface area contributed by atoms with Crippen LogP contribution in [-0.2, 0) is 6.42 Å². The molecule has 7 heteroatoms. The Morgan fingerprint density at radius 2 is 2.17 bits per heavy atom. The maximum absolute atomic E-state index is 13.6. The van der Waals surface area contributed by atoms with Gasteiger partial charge in [0.15, 0.2) is 0 Å². The average molecular weight is 325 g/mol. The molecule has 23 heavy (non-hydrogen) atoms. The number of rotatable bonds is 1. The van der Waals surface area contributed by atoms with Crippen LogP contribution in [-0.4, -0.2) is 63.9 Å². The van der Waals surface area contributed by atoms with Gasteiger partial charge in [-0.25, -0.2) is 8.78 Å². The van der Waals surface area contributed by atoms with Gasteiger partial charge >= 0.3 is 0 Å². The molecule has 1 aliphatic carbocycles. The van der Waals surface area contributed by atoms with E-state index in [2.05, 4.69) is 9.88 Å². The molecule has 0 spiro atoms. The van der Waals surface area contributed by atoms with Crippen LogP contribution in [0.25, 0.3) is 0 Å². The third kappa shape index (κ3) is 2.46. The number of aliphatic hydroxyl groups excluding tert-OH is 1. The van der Waals surface area contributed by atoms with Crippen molar-refractivity contribution in [2.24, 2.45) is 0 Å². The molecule has 0 bridgehead atoms. The molecule has 2 unspecified atom stereocenters. The quantitative estimate of drug-likeness (QED) is 0.824. The van der Waals surface area contributed by atoms with Crippen LogP contribution in [0.3, 0.4) is 0 Å². The molecule has 2 N–H and O–H groups in total. The van der Waals surface area contributed by atoms with E-state index >= 15 is 0 Å². The van der Waals surface area contributed by atoms with Gasteiger partial charge in [-0.15, -0.1) is 0 Å². The number of piperazine rings is 1. The van der Waals surface area contributed by atoms with Crippen LogP contribution in [0.15, 0.2) is 6.07 Å². The fraction of sp³-hybridized carbons (Fsp3) is 0.688. The Labute approximate surface area is 133 Å². The van der Waals surface area contributed by atoms with E-state index in [1.807, 2.05) is 0 Å². The van der Waals surface area contributed by atoms with E-state index in [-0.39, 0.29) is 17.9 Å². The summed E-state index contributed by atoms with van der Waals surface area (Å²) in [5, 5.41) is 9.82. The third-order valence-electron chi connectivity index (χ3n) is 5.44. The van der Waals surface area contributed by atoms with E-state index in [1.165, 1.54) is 12.5 Å². The van der Waals surface area contributed by atoms with Gasteiger partial charge in [-0.1, -0.05) is 0 Å². The predicted octanol–water partition coefficient (Wildman–Crippen LogP) is 1.55. The number of H-pyrrole nitrogens is 1. The molecule has 0 aromatic carbocycles. The number of alkyl halides is 2. The lowest BCUT2D eigenvalue weighted by molar-refractivity contribution is -0.121. The summed E-state index contributed by atoms with van der Waals surface area (Å²) in [4.78, 5) is 19.9. The number of amides is 1. The molecule has 1 aromatic heterocycles.